The molecule has 10 heteroatoms. The Labute approximate surface area is 191 Å². The molecule has 0 spiro atoms. The molecule has 1 aromatic heterocycles. The molecule has 6 nitrogen and oxygen atoms in total. The summed E-state index contributed by atoms with van der Waals surface area (Å²) < 4.78 is 29.8. The fourth-order valence-corrected chi connectivity index (χ4v) is 2.59. The Morgan fingerprint density at radius 1 is 1.24 bits per heavy atom. The highest BCUT2D eigenvalue weighted by molar-refractivity contribution is 14.0. The van der Waals surface area contributed by atoms with Crippen molar-refractivity contribution < 1.29 is 13.5 Å². The normalized spacial score (nSPS) is 11.1. The van der Waals surface area contributed by atoms with E-state index in [9.17, 15) is 8.78 Å². The summed E-state index contributed by atoms with van der Waals surface area (Å²) in [7, 11) is 3.84. The predicted octanol–water partition coefficient (Wildman–Crippen LogP) is 4.28. The molecule has 2 rings (SSSR count). The molecule has 29 heavy (non-hydrogen) atoms. The highest BCUT2D eigenvalue weighted by atomic mass is 127. The minimum Gasteiger partial charge on any atom is -0.434 e. The first-order valence-corrected chi connectivity index (χ1v) is 9.14. The van der Waals surface area contributed by atoms with Crippen LogP contribution in [0.3, 0.4) is 0 Å². The molecule has 1 aromatic carbocycles. The molecule has 0 aliphatic carbocycles. The number of ether oxygens (including phenoxy) is 1. The highest BCUT2D eigenvalue weighted by Crippen LogP contribution is 2.24. The van der Waals surface area contributed by atoms with Crippen molar-refractivity contribution in [3.8, 4) is 5.75 Å². The zero-order valence-corrected chi connectivity index (χ0v) is 19.5. The molecule has 0 bridgehead atoms. The van der Waals surface area contributed by atoms with Gasteiger partial charge >= 0.3 is 6.61 Å². The van der Waals surface area contributed by atoms with Gasteiger partial charge in [-0.1, -0.05) is 11.6 Å². The zero-order chi connectivity index (χ0) is 20.5. The van der Waals surface area contributed by atoms with Crippen LogP contribution in [-0.2, 0) is 13.1 Å². The maximum absolute atomic E-state index is 12.6. The van der Waals surface area contributed by atoms with Gasteiger partial charge in [0.1, 0.15) is 11.6 Å². The van der Waals surface area contributed by atoms with Crippen LogP contribution in [0.5, 0.6) is 5.75 Å². The number of hydrogen-bond acceptors (Lipinski definition) is 4. The van der Waals surface area contributed by atoms with Crippen molar-refractivity contribution in [2.24, 2.45) is 4.99 Å². The van der Waals surface area contributed by atoms with E-state index in [4.69, 9.17) is 11.6 Å². The molecule has 0 atom stereocenters. The van der Waals surface area contributed by atoms with Gasteiger partial charge in [-0.2, -0.15) is 8.78 Å². The SMILES string of the molecule is CCNC(=NCc1ccnc(N(C)C)c1)NCc1cc(Cl)ccc1OC(F)F.I. The van der Waals surface area contributed by atoms with Crippen LogP contribution in [0, 0.1) is 0 Å². The monoisotopic (exact) mass is 539 g/mol. The van der Waals surface area contributed by atoms with E-state index >= 15 is 0 Å². The molecular formula is C19H25ClF2IN5O. The lowest BCUT2D eigenvalue weighted by Gasteiger charge is -2.15. The van der Waals surface area contributed by atoms with Crippen molar-refractivity contribution in [2.45, 2.75) is 26.6 Å². The molecular weight excluding hydrogens is 515 g/mol. The number of halogens is 4. The van der Waals surface area contributed by atoms with E-state index in [0.717, 1.165) is 11.4 Å². The summed E-state index contributed by atoms with van der Waals surface area (Å²) >= 11 is 5.98. The number of benzene rings is 1. The summed E-state index contributed by atoms with van der Waals surface area (Å²) in [4.78, 5) is 10.7. The van der Waals surface area contributed by atoms with Gasteiger partial charge in [0.05, 0.1) is 6.54 Å². The second-order valence-corrected chi connectivity index (χ2v) is 6.53. The van der Waals surface area contributed by atoms with Gasteiger partial charge in [0.25, 0.3) is 0 Å². The lowest BCUT2D eigenvalue weighted by atomic mass is 10.2. The van der Waals surface area contributed by atoms with Crippen molar-refractivity contribution in [2.75, 3.05) is 25.5 Å². The van der Waals surface area contributed by atoms with Crippen molar-refractivity contribution in [3.63, 3.8) is 0 Å². The van der Waals surface area contributed by atoms with Crippen molar-refractivity contribution in [3.05, 3.63) is 52.7 Å². The van der Waals surface area contributed by atoms with Crippen LogP contribution < -0.4 is 20.3 Å². The summed E-state index contributed by atoms with van der Waals surface area (Å²) in [5, 5.41) is 6.68. The third-order valence-electron chi connectivity index (χ3n) is 3.72. The van der Waals surface area contributed by atoms with E-state index in [1.807, 2.05) is 38.1 Å². The molecule has 0 amide bonds. The summed E-state index contributed by atoms with van der Waals surface area (Å²) in [5.74, 6) is 1.47. The van der Waals surface area contributed by atoms with Crippen LogP contribution in [0.15, 0.2) is 41.5 Å². The second kappa shape index (κ2) is 12.6. The minimum absolute atomic E-state index is 0. The van der Waals surface area contributed by atoms with Crippen LogP contribution in [0.2, 0.25) is 5.02 Å². The number of hydrogen-bond donors (Lipinski definition) is 2. The third kappa shape index (κ3) is 8.57. The Morgan fingerprint density at radius 3 is 2.66 bits per heavy atom. The summed E-state index contributed by atoms with van der Waals surface area (Å²) in [6.07, 6.45) is 1.74. The van der Waals surface area contributed by atoms with E-state index in [-0.39, 0.29) is 36.3 Å². The van der Waals surface area contributed by atoms with E-state index in [1.165, 1.54) is 12.1 Å². The quantitative estimate of drug-likeness (QED) is 0.298. The number of rotatable bonds is 8. The van der Waals surface area contributed by atoms with Crippen molar-refractivity contribution in [1.82, 2.24) is 15.6 Å². The number of aromatic nitrogens is 1. The van der Waals surface area contributed by atoms with Crippen molar-refractivity contribution in [1.29, 1.82) is 0 Å². The standard InChI is InChI=1S/C19H24ClF2N5O.HI/c1-4-23-19(25-11-13-7-8-24-17(9-13)27(2)3)26-12-14-10-15(20)5-6-16(14)28-18(21)22;/h5-10,18H,4,11-12H2,1-3H3,(H2,23,25,26);1H. The number of alkyl halides is 2. The van der Waals surface area contributed by atoms with E-state index in [2.05, 4.69) is 25.3 Å². The van der Waals surface area contributed by atoms with Crippen LogP contribution in [0.1, 0.15) is 18.1 Å². The largest absolute Gasteiger partial charge is 0.434 e. The molecule has 0 saturated heterocycles. The van der Waals surface area contributed by atoms with Gasteiger partial charge in [0, 0.05) is 44.0 Å². The summed E-state index contributed by atoms with van der Waals surface area (Å²) in [5.41, 5.74) is 1.51. The number of pyridine rings is 1. The molecule has 0 saturated carbocycles. The number of aliphatic imine (C=N–C) groups is 1. The highest BCUT2D eigenvalue weighted by Gasteiger charge is 2.11. The average Bonchev–Trinajstić information content (AvgIpc) is 2.65. The minimum atomic E-state index is -2.90. The molecule has 0 aliphatic rings. The average molecular weight is 540 g/mol. The first-order chi connectivity index (χ1) is 13.4. The van der Waals surface area contributed by atoms with Crippen LogP contribution in [0.25, 0.3) is 0 Å². The Morgan fingerprint density at radius 2 is 2.00 bits per heavy atom. The van der Waals surface area contributed by atoms with Gasteiger partial charge in [-0.15, -0.1) is 24.0 Å². The molecule has 0 unspecified atom stereocenters. The van der Waals surface area contributed by atoms with Crippen molar-refractivity contribution >= 4 is 47.4 Å². The zero-order valence-electron chi connectivity index (χ0n) is 16.5. The van der Waals surface area contributed by atoms with Crippen LogP contribution in [0.4, 0.5) is 14.6 Å². The smallest absolute Gasteiger partial charge is 0.387 e. The fourth-order valence-electron chi connectivity index (χ4n) is 2.39. The fraction of sp³-hybridized carbons (Fsp3) is 0.368. The Hall–Kier alpha value is -1.88. The van der Waals surface area contributed by atoms with Gasteiger partial charge in [-0.3, -0.25) is 0 Å². The van der Waals surface area contributed by atoms with Gasteiger partial charge in [-0.25, -0.2) is 9.98 Å². The number of nitrogens with one attached hydrogen (secondary N) is 2. The third-order valence-corrected chi connectivity index (χ3v) is 3.95. The summed E-state index contributed by atoms with van der Waals surface area (Å²) in [6, 6.07) is 8.37. The first kappa shape index (κ1) is 25.2. The second-order valence-electron chi connectivity index (χ2n) is 6.10. The first-order valence-electron chi connectivity index (χ1n) is 8.76. The van der Waals surface area contributed by atoms with E-state index in [1.54, 1.807) is 12.3 Å². The van der Waals surface area contributed by atoms with E-state index < -0.39 is 6.61 Å². The lowest BCUT2D eigenvalue weighted by Crippen LogP contribution is -2.36. The Kier molecular flexibility index (Phi) is 11.0. The molecule has 1 heterocycles. The Balaban J connectivity index is 0.00000420. The van der Waals surface area contributed by atoms with E-state index in [0.29, 0.717) is 29.6 Å². The molecule has 160 valence electrons. The van der Waals surface area contributed by atoms with Crippen LogP contribution >= 0.6 is 35.6 Å². The molecule has 2 aromatic rings. The van der Waals surface area contributed by atoms with Gasteiger partial charge < -0.3 is 20.3 Å². The maximum Gasteiger partial charge on any atom is 0.387 e. The lowest BCUT2D eigenvalue weighted by molar-refractivity contribution is -0.0504. The molecule has 0 fully saturated rings. The van der Waals surface area contributed by atoms with Crippen LogP contribution in [-0.4, -0.2) is 38.2 Å². The molecule has 0 aliphatic heterocycles. The molecule has 2 N–H and O–H groups in total. The topological polar surface area (TPSA) is 61.8 Å². The van der Waals surface area contributed by atoms with Gasteiger partial charge in [0.2, 0.25) is 0 Å². The maximum atomic E-state index is 12.6. The number of anilines is 1. The number of nitrogens with zero attached hydrogens (tertiary/aromatic N) is 3. The molecule has 0 radical (unpaired) electrons. The summed E-state index contributed by atoms with van der Waals surface area (Å²) in [6.45, 7) is 0.362. The predicted molar refractivity (Wildman–Crippen MR) is 124 cm³/mol. The number of guanidine groups is 1. The van der Waals surface area contributed by atoms with Gasteiger partial charge in [0.15, 0.2) is 5.96 Å². The van der Waals surface area contributed by atoms with Gasteiger partial charge in [-0.05, 0) is 42.8 Å². The Bertz CT molecular complexity index is 808.